The van der Waals surface area contributed by atoms with Gasteiger partial charge in [0.15, 0.2) is 0 Å². The van der Waals surface area contributed by atoms with E-state index in [4.69, 9.17) is 5.11 Å². The summed E-state index contributed by atoms with van der Waals surface area (Å²) in [4.78, 5) is 24.3. The van der Waals surface area contributed by atoms with Gasteiger partial charge in [0.2, 0.25) is 5.91 Å². The summed E-state index contributed by atoms with van der Waals surface area (Å²) < 4.78 is 2.08. The molecule has 0 aliphatic carbocycles. The molecule has 2 rings (SSSR count). The van der Waals surface area contributed by atoms with Gasteiger partial charge in [-0.1, -0.05) is 18.2 Å². The number of carbonyl (C=O) groups excluding carboxylic acids is 1. The van der Waals surface area contributed by atoms with Crippen molar-refractivity contribution in [2.24, 2.45) is 0 Å². The number of hydrazine groups is 1. The van der Waals surface area contributed by atoms with E-state index >= 15 is 0 Å². The number of nitrogens with one attached hydrogen (secondary N) is 2. The first-order valence-corrected chi connectivity index (χ1v) is 8.58. The van der Waals surface area contributed by atoms with E-state index in [1.165, 1.54) is 0 Å². The minimum atomic E-state index is -0.874. The Bertz CT molecular complexity index is 758. The maximum absolute atomic E-state index is 12.1. The molecule has 0 saturated carbocycles. The lowest BCUT2D eigenvalue weighted by atomic mass is 10.2. The van der Waals surface area contributed by atoms with Crippen LogP contribution < -0.4 is 15.8 Å². The van der Waals surface area contributed by atoms with Crippen LogP contribution in [0.5, 0.6) is 0 Å². The Morgan fingerprint density at radius 1 is 1.23 bits per heavy atom. The highest BCUT2D eigenvalue weighted by Crippen LogP contribution is 2.27. The van der Waals surface area contributed by atoms with Crippen LogP contribution in [0.3, 0.4) is 0 Å². The van der Waals surface area contributed by atoms with E-state index in [-0.39, 0.29) is 12.5 Å². The molecule has 3 N–H and O–H groups in total. The van der Waals surface area contributed by atoms with Crippen molar-refractivity contribution in [1.29, 1.82) is 0 Å². The van der Waals surface area contributed by atoms with Crippen molar-refractivity contribution in [2.75, 3.05) is 45.8 Å². The van der Waals surface area contributed by atoms with Crippen LogP contribution in [-0.4, -0.2) is 67.2 Å². The molecule has 8 nitrogen and oxygen atoms in total. The lowest BCUT2D eigenvalue weighted by molar-refractivity contribution is -0.137. The number of likely N-dealkylation sites (N-methyl/N-ethyl adjacent to an activating group) is 1. The summed E-state index contributed by atoms with van der Waals surface area (Å²) in [6.45, 7) is 1.48. The Balaban J connectivity index is 1.91. The lowest BCUT2D eigenvalue weighted by Gasteiger charge is -2.16. The number of hydrogen-bond acceptors (Lipinski definition) is 5. The lowest BCUT2D eigenvalue weighted by Crippen LogP contribution is -2.35. The van der Waals surface area contributed by atoms with E-state index in [2.05, 4.69) is 21.4 Å². The van der Waals surface area contributed by atoms with Crippen LogP contribution in [0.4, 0.5) is 5.69 Å². The van der Waals surface area contributed by atoms with E-state index in [1.54, 1.807) is 11.9 Å². The number of carboxylic acids is 1. The van der Waals surface area contributed by atoms with Gasteiger partial charge in [0, 0.05) is 51.7 Å². The molecule has 0 aliphatic heterocycles. The molecule has 0 fully saturated rings. The highest BCUT2D eigenvalue weighted by molar-refractivity contribution is 5.93. The molecule has 0 unspecified atom stereocenters. The number of fused-ring (bicyclic) bond motifs is 1. The number of para-hydroxylation sites is 1. The zero-order valence-electron chi connectivity index (χ0n) is 15.5. The van der Waals surface area contributed by atoms with Crippen LogP contribution in [0, 0.1) is 0 Å². The van der Waals surface area contributed by atoms with Gasteiger partial charge < -0.3 is 20.0 Å². The topological polar surface area (TPSA) is 89.8 Å². The average Bonchev–Trinajstić information content (AvgIpc) is 2.97. The summed E-state index contributed by atoms with van der Waals surface area (Å²) in [6.07, 6.45) is 2.40. The van der Waals surface area contributed by atoms with Gasteiger partial charge in [-0.05, 0) is 13.1 Å². The van der Waals surface area contributed by atoms with Crippen molar-refractivity contribution in [1.82, 2.24) is 20.2 Å². The molecule has 1 amide bonds. The molecular formula is C18H27N5O3. The SMILES string of the molecule is CNN(C)c1cn(CCC(=O)NCCN(C)CC(=O)O)c2ccccc12. The van der Waals surface area contributed by atoms with Crippen LogP contribution >= 0.6 is 0 Å². The quantitative estimate of drug-likeness (QED) is 0.541. The number of anilines is 1. The summed E-state index contributed by atoms with van der Waals surface area (Å²) >= 11 is 0. The Morgan fingerprint density at radius 2 is 1.96 bits per heavy atom. The fourth-order valence-electron chi connectivity index (χ4n) is 2.81. The molecule has 0 bridgehead atoms. The normalized spacial score (nSPS) is 11.1. The fourth-order valence-corrected chi connectivity index (χ4v) is 2.81. The molecule has 1 heterocycles. The molecule has 0 atom stereocenters. The maximum atomic E-state index is 12.1. The minimum absolute atomic E-state index is 0.0347. The highest BCUT2D eigenvalue weighted by atomic mass is 16.4. The number of carboxylic acid groups (broad SMARTS) is 1. The van der Waals surface area contributed by atoms with Gasteiger partial charge in [0.05, 0.1) is 17.7 Å². The highest BCUT2D eigenvalue weighted by Gasteiger charge is 2.12. The molecule has 2 aromatic rings. The van der Waals surface area contributed by atoms with Gasteiger partial charge in [-0.25, -0.2) is 5.43 Å². The number of rotatable bonds is 10. The van der Waals surface area contributed by atoms with E-state index in [0.29, 0.717) is 26.1 Å². The molecule has 0 aliphatic rings. The molecule has 142 valence electrons. The average molecular weight is 361 g/mol. The number of amides is 1. The van der Waals surface area contributed by atoms with Gasteiger partial charge in [-0.3, -0.25) is 14.5 Å². The summed E-state index contributed by atoms with van der Waals surface area (Å²) in [5, 5.41) is 14.6. The van der Waals surface area contributed by atoms with E-state index in [9.17, 15) is 9.59 Å². The van der Waals surface area contributed by atoms with Crippen molar-refractivity contribution < 1.29 is 14.7 Å². The summed E-state index contributed by atoms with van der Waals surface area (Å²) in [7, 11) is 5.53. The van der Waals surface area contributed by atoms with Gasteiger partial charge in [0.25, 0.3) is 0 Å². The molecule has 0 radical (unpaired) electrons. The maximum Gasteiger partial charge on any atom is 0.317 e. The number of aryl methyl sites for hydroxylation is 1. The van der Waals surface area contributed by atoms with Crippen LogP contribution in [0.15, 0.2) is 30.5 Å². The third kappa shape index (κ3) is 5.21. The number of aliphatic carboxylic acids is 1. The second-order valence-electron chi connectivity index (χ2n) is 6.24. The summed E-state index contributed by atoms with van der Waals surface area (Å²) in [5.74, 6) is -0.921. The predicted molar refractivity (Wildman–Crippen MR) is 102 cm³/mol. The number of aromatic nitrogens is 1. The van der Waals surface area contributed by atoms with Gasteiger partial charge in [-0.15, -0.1) is 0 Å². The largest absolute Gasteiger partial charge is 0.480 e. The predicted octanol–water partition coefficient (Wildman–Crippen LogP) is 0.735. The molecule has 0 spiro atoms. The Hall–Kier alpha value is -2.58. The smallest absolute Gasteiger partial charge is 0.317 e. The zero-order valence-corrected chi connectivity index (χ0v) is 15.5. The van der Waals surface area contributed by atoms with Crippen molar-refractivity contribution in [3.05, 3.63) is 30.5 Å². The van der Waals surface area contributed by atoms with Crippen LogP contribution in [0.1, 0.15) is 6.42 Å². The second kappa shape index (κ2) is 9.21. The van der Waals surface area contributed by atoms with Crippen molar-refractivity contribution in [2.45, 2.75) is 13.0 Å². The van der Waals surface area contributed by atoms with Crippen molar-refractivity contribution in [3.63, 3.8) is 0 Å². The van der Waals surface area contributed by atoms with Gasteiger partial charge >= 0.3 is 5.97 Å². The second-order valence-corrected chi connectivity index (χ2v) is 6.24. The number of nitrogens with zero attached hydrogens (tertiary/aromatic N) is 3. The molecule has 1 aromatic heterocycles. The third-order valence-electron chi connectivity index (χ3n) is 4.26. The summed E-state index contributed by atoms with van der Waals surface area (Å²) in [6, 6.07) is 8.09. The molecular weight excluding hydrogens is 334 g/mol. The van der Waals surface area contributed by atoms with Crippen LogP contribution in [0.2, 0.25) is 0 Å². The van der Waals surface area contributed by atoms with E-state index < -0.39 is 5.97 Å². The fraction of sp³-hybridized carbons (Fsp3) is 0.444. The number of carbonyl (C=O) groups is 2. The molecule has 0 saturated heterocycles. The van der Waals surface area contributed by atoms with E-state index in [0.717, 1.165) is 16.6 Å². The Labute approximate surface area is 153 Å². The number of benzene rings is 1. The van der Waals surface area contributed by atoms with Crippen molar-refractivity contribution >= 4 is 28.5 Å². The Morgan fingerprint density at radius 3 is 2.65 bits per heavy atom. The first-order valence-electron chi connectivity index (χ1n) is 8.58. The summed E-state index contributed by atoms with van der Waals surface area (Å²) in [5.41, 5.74) is 5.23. The van der Waals surface area contributed by atoms with Crippen LogP contribution in [-0.2, 0) is 16.1 Å². The van der Waals surface area contributed by atoms with Crippen LogP contribution in [0.25, 0.3) is 10.9 Å². The third-order valence-corrected chi connectivity index (χ3v) is 4.26. The molecule has 1 aromatic carbocycles. The number of hydrogen-bond donors (Lipinski definition) is 3. The standard InChI is InChI=1S/C18H27N5O3/c1-19-22(3)16-12-23(15-7-5-4-6-14(15)16)10-8-17(24)20-9-11-21(2)13-18(25)26/h4-7,12,19H,8-11,13H2,1-3H3,(H,20,24)(H,25,26). The minimum Gasteiger partial charge on any atom is -0.480 e. The van der Waals surface area contributed by atoms with Gasteiger partial charge in [0.1, 0.15) is 0 Å². The molecule has 8 heteroatoms. The first-order chi connectivity index (χ1) is 12.4. The van der Waals surface area contributed by atoms with E-state index in [1.807, 2.05) is 43.5 Å². The first kappa shape index (κ1) is 19.7. The van der Waals surface area contributed by atoms with Crippen molar-refractivity contribution in [3.8, 4) is 0 Å². The Kier molecular flexibility index (Phi) is 6.99. The van der Waals surface area contributed by atoms with Gasteiger partial charge in [-0.2, -0.15) is 0 Å². The molecule has 26 heavy (non-hydrogen) atoms. The monoisotopic (exact) mass is 361 g/mol. The zero-order chi connectivity index (χ0) is 19.1.